The lowest BCUT2D eigenvalue weighted by molar-refractivity contribution is 0.0323. The van der Waals surface area contributed by atoms with Crippen molar-refractivity contribution in [1.29, 1.82) is 0 Å². The molecule has 1 aliphatic rings. The Kier molecular flexibility index (Phi) is 3.09. The van der Waals surface area contributed by atoms with Crippen molar-refractivity contribution in [2.45, 2.75) is 66.7 Å². The highest BCUT2D eigenvalue weighted by Gasteiger charge is 2.43. The molecule has 1 unspecified atom stereocenters. The molecule has 0 aliphatic heterocycles. The van der Waals surface area contributed by atoms with Gasteiger partial charge in [-0.3, -0.25) is 0 Å². The van der Waals surface area contributed by atoms with E-state index in [4.69, 9.17) is 0 Å². The second-order valence-corrected chi connectivity index (χ2v) is 6.00. The Hall–Kier alpha value is 0. The molecule has 0 aromatic heterocycles. The quantitative estimate of drug-likeness (QED) is 0.583. The maximum atomic E-state index is 2.50. The molecule has 0 amide bonds. The molecule has 1 aliphatic carbocycles. The third-order valence-corrected chi connectivity index (χ3v) is 4.70. The van der Waals surface area contributed by atoms with E-state index in [0.717, 1.165) is 5.92 Å². The van der Waals surface area contributed by atoms with Crippen molar-refractivity contribution >= 4 is 0 Å². The highest BCUT2D eigenvalue weighted by molar-refractivity contribution is 4.92. The molecule has 13 heavy (non-hydrogen) atoms. The van der Waals surface area contributed by atoms with Gasteiger partial charge in [0.05, 0.1) is 0 Å². The summed E-state index contributed by atoms with van der Waals surface area (Å²) < 4.78 is 0. The van der Waals surface area contributed by atoms with Gasteiger partial charge in [-0.15, -0.1) is 0 Å². The van der Waals surface area contributed by atoms with Crippen LogP contribution < -0.4 is 0 Å². The fraction of sp³-hybridized carbons (Fsp3) is 1.00. The zero-order chi connectivity index (χ0) is 10.1. The number of hydrogen-bond donors (Lipinski definition) is 0. The monoisotopic (exact) mass is 182 g/mol. The average molecular weight is 182 g/mol. The third kappa shape index (κ3) is 1.92. The normalized spacial score (nSPS) is 24.7. The molecule has 0 nitrogen and oxygen atoms in total. The van der Waals surface area contributed by atoms with Gasteiger partial charge >= 0.3 is 0 Å². The number of rotatable bonds is 2. The highest BCUT2D eigenvalue weighted by Crippen LogP contribution is 2.52. The van der Waals surface area contributed by atoms with Crippen molar-refractivity contribution in [2.75, 3.05) is 0 Å². The first-order chi connectivity index (χ1) is 5.92. The Bertz CT molecular complexity index is 157. The van der Waals surface area contributed by atoms with E-state index in [1.807, 2.05) is 0 Å². The fourth-order valence-corrected chi connectivity index (χ4v) is 2.99. The van der Waals surface area contributed by atoms with E-state index in [1.165, 1.54) is 32.1 Å². The molecule has 0 saturated heterocycles. The highest BCUT2D eigenvalue weighted by atomic mass is 14.5. The molecular weight excluding hydrogens is 156 g/mol. The summed E-state index contributed by atoms with van der Waals surface area (Å²) in [5, 5.41) is 0. The van der Waals surface area contributed by atoms with Crippen molar-refractivity contribution in [3.8, 4) is 0 Å². The van der Waals surface area contributed by atoms with Crippen LogP contribution >= 0.6 is 0 Å². The Balaban J connectivity index is 2.79. The van der Waals surface area contributed by atoms with Gasteiger partial charge in [0, 0.05) is 0 Å². The SMILES string of the molecule is CCC(C)(C1CCCC1)C(C)(C)C. The summed E-state index contributed by atoms with van der Waals surface area (Å²) in [6.45, 7) is 12.1. The van der Waals surface area contributed by atoms with Crippen LogP contribution in [-0.4, -0.2) is 0 Å². The van der Waals surface area contributed by atoms with Gasteiger partial charge in [-0.1, -0.05) is 47.5 Å². The van der Waals surface area contributed by atoms with Crippen LogP contribution in [0.15, 0.2) is 0 Å². The minimum absolute atomic E-state index is 0.469. The maximum Gasteiger partial charge on any atom is -0.0252 e. The predicted molar refractivity (Wildman–Crippen MR) is 59.8 cm³/mol. The lowest BCUT2D eigenvalue weighted by Crippen LogP contribution is -2.38. The van der Waals surface area contributed by atoms with Gasteiger partial charge in [0.1, 0.15) is 0 Å². The molecule has 0 heterocycles. The van der Waals surface area contributed by atoms with Crippen LogP contribution in [-0.2, 0) is 0 Å². The van der Waals surface area contributed by atoms with Gasteiger partial charge in [0.25, 0.3) is 0 Å². The largest absolute Gasteiger partial charge is 0.0648 e. The molecule has 0 aromatic carbocycles. The molecular formula is C13H26. The van der Waals surface area contributed by atoms with Crippen molar-refractivity contribution in [3.05, 3.63) is 0 Å². The number of hydrogen-bond acceptors (Lipinski definition) is 0. The molecule has 1 fully saturated rings. The van der Waals surface area contributed by atoms with Gasteiger partial charge in [-0.05, 0) is 36.0 Å². The fourth-order valence-electron chi connectivity index (χ4n) is 2.99. The van der Waals surface area contributed by atoms with E-state index in [2.05, 4.69) is 34.6 Å². The lowest BCUT2D eigenvalue weighted by Gasteiger charge is -2.46. The van der Waals surface area contributed by atoms with Gasteiger partial charge in [0.15, 0.2) is 0 Å². The van der Waals surface area contributed by atoms with Crippen LogP contribution in [0.1, 0.15) is 66.7 Å². The molecule has 0 bridgehead atoms. The molecule has 78 valence electrons. The van der Waals surface area contributed by atoms with Crippen LogP contribution in [0.25, 0.3) is 0 Å². The second kappa shape index (κ2) is 3.63. The van der Waals surface area contributed by atoms with Crippen LogP contribution in [0.2, 0.25) is 0 Å². The maximum absolute atomic E-state index is 2.50. The Labute approximate surface area is 84.1 Å². The van der Waals surface area contributed by atoms with Crippen molar-refractivity contribution in [2.24, 2.45) is 16.7 Å². The van der Waals surface area contributed by atoms with Crippen molar-refractivity contribution in [1.82, 2.24) is 0 Å². The first-order valence-electron chi connectivity index (χ1n) is 5.92. The van der Waals surface area contributed by atoms with E-state index in [9.17, 15) is 0 Å². The summed E-state index contributed by atoms with van der Waals surface area (Å²) in [4.78, 5) is 0. The van der Waals surface area contributed by atoms with E-state index in [0.29, 0.717) is 10.8 Å². The van der Waals surface area contributed by atoms with E-state index < -0.39 is 0 Å². The summed E-state index contributed by atoms with van der Waals surface area (Å²) in [5.41, 5.74) is 1.03. The van der Waals surface area contributed by atoms with Crippen LogP contribution in [0.5, 0.6) is 0 Å². The summed E-state index contributed by atoms with van der Waals surface area (Å²) in [7, 11) is 0. The zero-order valence-corrected chi connectivity index (χ0v) is 10.1. The Morgan fingerprint density at radius 2 is 1.46 bits per heavy atom. The first kappa shape index (κ1) is 11.1. The molecule has 0 N–H and O–H groups in total. The topological polar surface area (TPSA) is 0 Å². The standard InChI is InChI=1S/C13H26/c1-6-13(5,12(2,3)4)11-9-7-8-10-11/h11H,6-10H2,1-5H3. The predicted octanol–water partition coefficient (Wildman–Crippen LogP) is 4.64. The summed E-state index contributed by atoms with van der Waals surface area (Å²) in [6, 6.07) is 0. The molecule has 1 atom stereocenters. The minimum atomic E-state index is 0.469. The summed E-state index contributed by atoms with van der Waals surface area (Å²) >= 11 is 0. The Morgan fingerprint density at radius 3 is 1.77 bits per heavy atom. The minimum Gasteiger partial charge on any atom is -0.0648 e. The van der Waals surface area contributed by atoms with Crippen LogP contribution in [0.3, 0.4) is 0 Å². The average Bonchev–Trinajstić information content (AvgIpc) is 2.52. The smallest absolute Gasteiger partial charge is 0.0252 e. The van der Waals surface area contributed by atoms with Gasteiger partial charge in [0.2, 0.25) is 0 Å². The van der Waals surface area contributed by atoms with E-state index in [-0.39, 0.29) is 0 Å². The lowest BCUT2D eigenvalue weighted by atomic mass is 9.59. The second-order valence-electron chi connectivity index (χ2n) is 6.00. The van der Waals surface area contributed by atoms with Crippen LogP contribution in [0.4, 0.5) is 0 Å². The van der Waals surface area contributed by atoms with Gasteiger partial charge in [-0.2, -0.15) is 0 Å². The van der Waals surface area contributed by atoms with E-state index >= 15 is 0 Å². The van der Waals surface area contributed by atoms with Crippen LogP contribution in [0, 0.1) is 16.7 Å². The molecule has 1 saturated carbocycles. The van der Waals surface area contributed by atoms with E-state index in [1.54, 1.807) is 0 Å². The van der Waals surface area contributed by atoms with Gasteiger partial charge < -0.3 is 0 Å². The zero-order valence-electron chi connectivity index (χ0n) is 10.1. The molecule has 0 aromatic rings. The summed E-state index contributed by atoms with van der Waals surface area (Å²) in [5.74, 6) is 0.984. The van der Waals surface area contributed by atoms with Gasteiger partial charge in [-0.25, -0.2) is 0 Å². The third-order valence-electron chi connectivity index (χ3n) is 4.70. The molecule has 0 radical (unpaired) electrons. The molecule has 1 rings (SSSR count). The molecule has 0 spiro atoms. The Morgan fingerprint density at radius 1 is 1.00 bits per heavy atom. The van der Waals surface area contributed by atoms with Crippen molar-refractivity contribution in [3.63, 3.8) is 0 Å². The molecule has 0 heteroatoms. The first-order valence-corrected chi connectivity index (χ1v) is 5.92. The summed E-state index contributed by atoms with van der Waals surface area (Å²) in [6.07, 6.45) is 7.22. The van der Waals surface area contributed by atoms with Crippen molar-refractivity contribution < 1.29 is 0 Å².